The molecule has 1 aromatic rings. The first kappa shape index (κ1) is 11.3. The quantitative estimate of drug-likeness (QED) is 0.629. The minimum atomic E-state index is 0.161. The Morgan fingerprint density at radius 3 is 2.50 bits per heavy atom. The molecule has 0 radical (unpaired) electrons. The van der Waals surface area contributed by atoms with Gasteiger partial charge in [0.25, 0.3) is 0 Å². The van der Waals surface area contributed by atoms with Gasteiger partial charge in [0, 0.05) is 5.41 Å². The Hall–Kier alpha value is 0.180. The van der Waals surface area contributed by atoms with E-state index < -0.39 is 0 Å². The van der Waals surface area contributed by atoms with Gasteiger partial charge in [-0.2, -0.15) is 0 Å². The SMILES string of the molecule is BrC1(Br)[C@H]2CCCCC[C@@]21c1ccccc1. The Morgan fingerprint density at radius 2 is 1.75 bits per heavy atom. The van der Waals surface area contributed by atoms with Crippen LogP contribution in [0.5, 0.6) is 0 Å². The fourth-order valence-electron chi connectivity index (χ4n) is 3.50. The molecule has 0 bridgehead atoms. The van der Waals surface area contributed by atoms with Crippen LogP contribution in [0.4, 0.5) is 0 Å². The van der Waals surface area contributed by atoms with Crippen molar-refractivity contribution in [3.63, 3.8) is 0 Å². The second-order valence-electron chi connectivity index (χ2n) is 5.11. The number of alkyl halides is 2. The highest BCUT2D eigenvalue weighted by atomic mass is 79.9. The highest BCUT2D eigenvalue weighted by Crippen LogP contribution is 2.75. The molecule has 0 saturated heterocycles. The van der Waals surface area contributed by atoms with Crippen LogP contribution in [0.3, 0.4) is 0 Å². The van der Waals surface area contributed by atoms with Crippen molar-refractivity contribution in [2.24, 2.45) is 5.92 Å². The summed E-state index contributed by atoms with van der Waals surface area (Å²) in [4.78, 5) is 0. The Kier molecular flexibility index (Phi) is 2.71. The molecule has 0 heterocycles. The molecule has 2 aliphatic rings. The van der Waals surface area contributed by atoms with Crippen LogP contribution in [-0.4, -0.2) is 3.23 Å². The van der Waals surface area contributed by atoms with Crippen molar-refractivity contribution in [3.8, 4) is 0 Å². The van der Waals surface area contributed by atoms with E-state index in [4.69, 9.17) is 0 Å². The number of hydrogen-bond acceptors (Lipinski definition) is 0. The number of fused-ring (bicyclic) bond motifs is 1. The van der Waals surface area contributed by atoms with Crippen LogP contribution >= 0.6 is 31.9 Å². The molecule has 86 valence electrons. The van der Waals surface area contributed by atoms with E-state index in [1.165, 1.54) is 37.7 Å². The zero-order valence-corrected chi connectivity index (χ0v) is 12.4. The summed E-state index contributed by atoms with van der Waals surface area (Å²) in [6.45, 7) is 0. The van der Waals surface area contributed by atoms with E-state index in [1.807, 2.05) is 0 Å². The van der Waals surface area contributed by atoms with Crippen LogP contribution in [0, 0.1) is 5.92 Å². The van der Waals surface area contributed by atoms with Gasteiger partial charge < -0.3 is 0 Å². The first-order valence-corrected chi connectivity index (χ1v) is 7.71. The predicted octanol–water partition coefficient (Wildman–Crippen LogP) is 5.00. The van der Waals surface area contributed by atoms with Crippen molar-refractivity contribution in [3.05, 3.63) is 35.9 Å². The third kappa shape index (κ3) is 1.38. The molecule has 0 aliphatic heterocycles. The summed E-state index contributed by atoms with van der Waals surface area (Å²) in [6.07, 6.45) is 6.83. The fourth-order valence-corrected chi connectivity index (χ4v) is 5.92. The minimum absolute atomic E-state index is 0.161. The zero-order chi connectivity index (χ0) is 11.2. The molecule has 0 aromatic heterocycles. The van der Waals surface area contributed by atoms with E-state index in [0.717, 1.165) is 5.92 Å². The summed E-state index contributed by atoms with van der Waals surface area (Å²) in [5.41, 5.74) is 1.86. The second-order valence-corrected chi connectivity index (χ2v) is 8.68. The molecule has 2 atom stereocenters. The fraction of sp³-hybridized carbons (Fsp3) is 0.571. The van der Waals surface area contributed by atoms with Crippen LogP contribution in [0.15, 0.2) is 30.3 Å². The summed E-state index contributed by atoms with van der Waals surface area (Å²) < 4.78 is 0.161. The van der Waals surface area contributed by atoms with Gasteiger partial charge in [0.15, 0.2) is 0 Å². The lowest BCUT2D eigenvalue weighted by molar-refractivity contribution is 0.562. The molecule has 2 aliphatic carbocycles. The molecule has 0 N–H and O–H groups in total. The number of halogens is 2. The van der Waals surface area contributed by atoms with Crippen molar-refractivity contribution in [2.75, 3.05) is 0 Å². The Balaban J connectivity index is 2.03. The van der Waals surface area contributed by atoms with E-state index in [1.54, 1.807) is 0 Å². The summed E-state index contributed by atoms with van der Waals surface area (Å²) in [5, 5.41) is 0. The lowest BCUT2D eigenvalue weighted by Gasteiger charge is -2.18. The van der Waals surface area contributed by atoms with Crippen molar-refractivity contribution < 1.29 is 0 Å². The maximum absolute atomic E-state index is 3.92. The van der Waals surface area contributed by atoms with Crippen LogP contribution in [0.2, 0.25) is 0 Å². The molecule has 3 rings (SSSR count). The zero-order valence-electron chi connectivity index (χ0n) is 9.26. The van der Waals surface area contributed by atoms with Crippen molar-refractivity contribution in [2.45, 2.75) is 40.8 Å². The molecule has 0 amide bonds. The topological polar surface area (TPSA) is 0 Å². The third-order valence-corrected chi connectivity index (χ3v) is 6.92. The van der Waals surface area contributed by atoms with Crippen molar-refractivity contribution in [1.29, 1.82) is 0 Å². The van der Waals surface area contributed by atoms with Crippen LogP contribution in [0.25, 0.3) is 0 Å². The van der Waals surface area contributed by atoms with E-state index in [9.17, 15) is 0 Å². The van der Waals surface area contributed by atoms with Gasteiger partial charge in [0.05, 0.1) is 3.23 Å². The normalized spacial score (nSPS) is 36.2. The molecule has 0 spiro atoms. The van der Waals surface area contributed by atoms with Gasteiger partial charge in [-0.05, 0) is 24.3 Å². The molecule has 2 saturated carbocycles. The molecule has 2 fully saturated rings. The average molecular weight is 344 g/mol. The molecule has 16 heavy (non-hydrogen) atoms. The van der Waals surface area contributed by atoms with E-state index in [0.29, 0.717) is 5.41 Å². The van der Waals surface area contributed by atoms with Crippen LogP contribution < -0.4 is 0 Å². The Morgan fingerprint density at radius 1 is 1.00 bits per heavy atom. The van der Waals surface area contributed by atoms with Crippen molar-refractivity contribution in [1.82, 2.24) is 0 Å². The van der Waals surface area contributed by atoms with Gasteiger partial charge >= 0.3 is 0 Å². The smallest absolute Gasteiger partial charge is 0.0714 e. The molecule has 0 nitrogen and oxygen atoms in total. The summed E-state index contributed by atoms with van der Waals surface area (Å²) >= 11 is 7.85. The number of benzene rings is 1. The van der Waals surface area contributed by atoms with Gasteiger partial charge in [0.2, 0.25) is 0 Å². The monoisotopic (exact) mass is 342 g/mol. The third-order valence-electron chi connectivity index (χ3n) is 4.40. The van der Waals surface area contributed by atoms with E-state index in [2.05, 4.69) is 62.2 Å². The summed E-state index contributed by atoms with van der Waals surface area (Å²) in [6, 6.07) is 11.0. The molecular weight excluding hydrogens is 328 g/mol. The van der Waals surface area contributed by atoms with Crippen LogP contribution in [-0.2, 0) is 5.41 Å². The average Bonchev–Trinajstić information content (AvgIpc) is 2.87. The minimum Gasteiger partial charge on any atom is -0.0714 e. The number of rotatable bonds is 1. The summed E-state index contributed by atoms with van der Waals surface area (Å²) in [5.74, 6) is 0.768. The number of hydrogen-bond donors (Lipinski definition) is 0. The van der Waals surface area contributed by atoms with Gasteiger partial charge in [-0.3, -0.25) is 0 Å². The lowest BCUT2D eigenvalue weighted by atomic mass is 9.89. The highest BCUT2D eigenvalue weighted by Gasteiger charge is 2.74. The van der Waals surface area contributed by atoms with Gasteiger partial charge in [-0.15, -0.1) is 0 Å². The second kappa shape index (κ2) is 3.84. The standard InChI is InChI=1S/C14H16Br2/c15-14(16)12-9-5-2-6-10-13(12,14)11-7-3-1-4-8-11/h1,3-4,7-8,12H,2,5-6,9-10H2/t12-,13+/m0/s1. The largest absolute Gasteiger partial charge is 0.0942 e. The Labute approximate surface area is 114 Å². The predicted molar refractivity (Wildman–Crippen MR) is 75.3 cm³/mol. The summed E-state index contributed by atoms with van der Waals surface area (Å²) in [7, 11) is 0. The first-order chi connectivity index (χ1) is 7.69. The van der Waals surface area contributed by atoms with Crippen LogP contribution in [0.1, 0.15) is 37.7 Å². The van der Waals surface area contributed by atoms with Gasteiger partial charge in [-0.25, -0.2) is 0 Å². The molecule has 2 heteroatoms. The maximum atomic E-state index is 3.92. The highest BCUT2D eigenvalue weighted by molar-refractivity contribution is 9.25. The van der Waals surface area contributed by atoms with Gasteiger partial charge in [-0.1, -0.05) is 81.5 Å². The molecule has 1 aromatic carbocycles. The van der Waals surface area contributed by atoms with E-state index >= 15 is 0 Å². The van der Waals surface area contributed by atoms with Gasteiger partial charge in [0.1, 0.15) is 0 Å². The molecular formula is C14H16Br2. The lowest BCUT2D eigenvalue weighted by Crippen LogP contribution is -2.14. The van der Waals surface area contributed by atoms with Crippen molar-refractivity contribution >= 4 is 31.9 Å². The Bertz CT molecular complexity index is 385. The molecule has 0 unspecified atom stereocenters. The van der Waals surface area contributed by atoms with E-state index in [-0.39, 0.29) is 3.23 Å². The first-order valence-electron chi connectivity index (χ1n) is 6.13. The maximum Gasteiger partial charge on any atom is 0.0942 e.